The van der Waals surface area contributed by atoms with E-state index < -0.39 is 0 Å². The fourth-order valence-electron chi connectivity index (χ4n) is 4.31. The minimum absolute atomic E-state index is 0.239. The summed E-state index contributed by atoms with van der Waals surface area (Å²) in [5, 5.41) is 4.64. The summed E-state index contributed by atoms with van der Waals surface area (Å²) in [5.74, 6) is 1.55. The average molecular weight is 407 g/mol. The fourth-order valence-corrected chi connectivity index (χ4v) is 4.31. The molecule has 0 spiro atoms. The molecule has 5 rings (SSSR count). The molecular formula is C23H25N3O4. The van der Waals surface area contributed by atoms with Crippen LogP contribution in [0.5, 0.6) is 11.5 Å². The molecule has 0 unspecified atom stereocenters. The first-order valence-corrected chi connectivity index (χ1v) is 10.3. The van der Waals surface area contributed by atoms with Gasteiger partial charge in [-0.3, -0.25) is 0 Å². The van der Waals surface area contributed by atoms with Crippen molar-refractivity contribution in [3.05, 3.63) is 47.7 Å². The molecule has 1 aromatic heterocycles. The largest absolute Gasteiger partial charge is 0.486 e. The number of carbonyl (C=O) groups excluding carboxylic acids is 1. The van der Waals surface area contributed by atoms with E-state index in [0.29, 0.717) is 32.9 Å². The van der Waals surface area contributed by atoms with E-state index >= 15 is 0 Å². The van der Waals surface area contributed by atoms with E-state index in [2.05, 4.69) is 35.1 Å². The van der Waals surface area contributed by atoms with Gasteiger partial charge in [0.1, 0.15) is 13.2 Å². The average Bonchev–Trinajstić information content (AvgIpc) is 3.05. The molecule has 2 aliphatic heterocycles. The molecule has 0 saturated carbocycles. The molecule has 3 heterocycles. The lowest BCUT2D eigenvalue weighted by atomic mass is 10.0. The molecule has 0 saturated heterocycles. The van der Waals surface area contributed by atoms with Gasteiger partial charge in [-0.1, -0.05) is 6.07 Å². The first-order valence-electron chi connectivity index (χ1n) is 10.3. The second-order valence-electron chi connectivity index (χ2n) is 7.57. The van der Waals surface area contributed by atoms with Gasteiger partial charge in [-0.2, -0.15) is 0 Å². The molecule has 0 fully saturated rings. The third-order valence-electron chi connectivity index (χ3n) is 5.76. The van der Waals surface area contributed by atoms with E-state index in [-0.39, 0.29) is 6.09 Å². The summed E-state index contributed by atoms with van der Waals surface area (Å²) in [7, 11) is 2.09. The number of nitrogens with zero attached hydrogens (tertiary/aromatic N) is 2. The Morgan fingerprint density at radius 3 is 2.70 bits per heavy atom. The second kappa shape index (κ2) is 7.48. The Hall–Kier alpha value is -3.35. The molecule has 3 aromatic rings. The van der Waals surface area contributed by atoms with Crippen LogP contribution < -0.4 is 14.8 Å². The molecule has 156 valence electrons. The molecule has 1 amide bonds. The van der Waals surface area contributed by atoms with Gasteiger partial charge in [0.05, 0.1) is 18.7 Å². The van der Waals surface area contributed by atoms with Gasteiger partial charge in [0, 0.05) is 54.1 Å². The Kier molecular flexibility index (Phi) is 4.65. The van der Waals surface area contributed by atoms with Crippen molar-refractivity contribution in [3.63, 3.8) is 0 Å². The summed E-state index contributed by atoms with van der Waals surface area (Å²) in [4.78, 5) is 14.0. The molecule has 2 aromatic carbocycles. The lowest BCUT2D eigenvalue weighted by Gasteiger charge is -2.27. The van der Waals surface area contributed by atoms with Crippen LogP contribution >= 0.6 is 0 Å². The summed E-state index contributed by atoms with van der Waals surface area (Å²) in [6.45, 7) is 4.65. The topological polar surface area (TPSA) is 65.0 Å². The summed E-state index contributed by atoms with van der Waals surface area (Å²) >= 11 is 0. The van der Waals surface area contributed by atoms with Crippen molar-refractivity contribution in [2.24, 2.45) is 7.05 Å². The minimum Gasteiger partial charge on any atom is -0.486 e. The van der Waals surface area contributed by atoms with Gasteiger partial charge < -0.3 is 29.0 Å². The number of nitrogens with one attached hydrogen (secondary N) is 1. The predicted molar refractivity (Wildman–Crippen MR) is 115 cm³/mol. The second-order valence-corrected chi connectivity index (χ2v) is 7.57. The first kappa shape index (κ1) is 18.7. The van der Waals surface area contributed by atoms with E-state index in [1.165, 1.54) is 16.6 Å². The quantitative estimate of drug-likeness (QED) is 0.705. The number of hydrogen-bond donors (Lipinski definition) is 1. The summed E-state index contributed by atoms with van der Waals surface area (Å²) in [6, 6.07) is 12.2. The van der Waals surface area contributed by atoms with Crippen molar-refractivity contribution >= 4 is 28.4 Å². The number of carbonyl (C=O) groups is 1. The molecule has 0 atom stereocenters. The van der Waals surface area contributed by atoms with E-state index in [1.807, 2.05) is 25.1 Å². The molecular weight excluding hydrogens is 382 g/mol. The Bertz CT molecular complexity index is 1120. The van der Waals surface area contributed by atoms with Gasteiger partial charge in [-0.25, -0.2) is 4.79 Å². The molecule has 1 N–H and O–H groups in total. The van der Waals surface area contributed by atoms with Gasteiger partial charge in [0.15, 0.2) is 11.5 Å². The highest BCUT2D eigenvalue weighted by atomic mass is 16.6. The van der Waals surface area contributed by atoms with Crippen molar-refractivity contribution in [2.75, 3.05) is 31.7 Å². The monoisotopic (exact) mass is 407 g/mol. The minimum atomic E-state index is -0.239. The molecule has 0 bridgehead atoms. The summed E-state index contributed by atoms with van der Waals surface area (Å²) < 4.78 is 18.7. The van der Waals surface area contributed by atoms with E-state index in [1.54, 1.807) is 4.90 Å². The molecule has 7 nitrogen and oxygen atoms in total. The molecule has 2 aliphatic rings. The van der Waals surface area contributed by atoms with Crippen molar-refractivity contribution < 1.29 is 19.0 Å². The maximum absolute atomic E-state index is 12.2. The summed E-state index contributed by atoms with van der Waals surface area (Å²) in [5.41, 5.74) is 5.58. The molecule has 0 aliphatic carbocycles. The highest BCUT2D eigenvalue weighted by Gasteiger charge is 2.26. The predicted octanol–water partition coefficient (Wildman–Crippen LogP) is 4.21. The van der Waals surface area contributed by atoms with E-state index in [9.17, 15) is 4.79 Å². The summed E-state index contributed by atoms with van der Waals surface area (Å²) in [6.07, 6.45) is 0.585. The number of hydrogen-bond acceptors (Lipinski definition) is 5. The zero-order chi connectivity index (χ0) is 20.7. The Morgan fingerprint density at radius 2 is 1.87 bits per heavy atom. The lowest BCUT2D eigenvalue weighted by molar-refractivity contribution is 0.102. The first-order chi connectivity index (χ1) is 14.6. The van der Waals surface area contributed by atoms with Crippen LogP contribution in [0.2, 0.25) is 0 Å². The smallest absolute Gasteiger partial charge is 0.410 e. The van der Waals surface area contributed by atoms with Crippen molar-refractivity contribution in [1.29, 1.82) is 0 Å². The number of amides is 1. The van der Waals surface area contributed by atoms with Crippen LogP contribution in [-0.4, -0.2) is 41.9 Å². The maximum atomic E-state index is 12.2. The number of rotatable bonds is 3. The van der Waals surface area contributed by atoms with Gasteiger partial charge in [-0.05, 0) is 31.2 Å². The Labute approximate surface area is 175 Å². The standard InChI is InChI=1S/C23H25N3O4/c1-3-28-23(27)26-9-8-19-18(14-26)17-6-4-15(12-20(17)25(19)2)24-16-5-7-21-22(13-16)30-11-10-29-21/h4-7,12-13,24H,3,8-11,14H2,1-2H3. The van der Waals surface area contributed by atoms with Crippen LogP contribution in [0.25, 0.3) is 10.9 Å². The number of fused-ring (bicyclic) bond motifs is 4. The Balaban J connectivity index is 1.43. The number of anilines is 2. The van der Waals surface area contributed by atoms with Gasteiger partial charge in [-0.15, -0.1) is 0 Å². The van der Waals surface area contributed by atoms with Crippen LogP contribution in [0, 0.1) is 0 Å². The third kappa shape index (κ3) is 3.20. The molecule has 0 radical (unpaired) electrons. The fraction of sp³-hybridized carbons (Fsp3) is 0.348. The van der Waals surface area contributed by atoms with Crippen LogP contribution in [0.1, 0.15) is 18.2 Å². The SMILES string of the molecule is CCOC(=O)N1CCc2c(c3ccc(Nc4ccc5c(c4)OCCO5)cc3n2C)C1. The van der Waals surface area contributed by atoms with Crippen molar-refractivity contribution in [2.45, 2.75) is 19.9 Å². The number of ether oxygens (including phenoxy) is 3. The molecule has 7 heteroatoms. The van der Waals surface area contributed by atoms with Crippen LogP contribution in [-0.2, 0) is 24.8 Å². The zero-order valence-electron chi connectivity index (χ0n) is 17.2. The zero-order valence-corrected chi connectivity index (χ0v) is 17.2. The van der Waals surface area contributed by atoms with Crippen molar-refractivity contribution in [1.82, 2.24) is 9.47 Å². The van der Waals surface area contributed by atoms with Crippen LogP contribution in [0.3, 0.4) is 0 Å². The molecule has 30 heavy (non-hydrogen) atoms. The van der Waals surface area contributed by atoms with Gasteiger partial charge >= 0.3 is 6.09 Å². The lowest BCUT2D eigenvalue weighted by Crippen LogP contribution is -2.36. The van der Waals surface area contributed by atoms with Crippen LogP contribution in [0.15, 0.2) is 36.4 Å². The van der Waals surface area contributed by atoms with Crippen molar-refractivity contribution in [3.8, 4) is 11.5 Å². The van der Waals surface area contributed by atoms with E-state index in [4.69, 9.17) is 14.2 Å². The number of benzene rings is 2. The number of aromatic nitrogens is 1. The highest BCUT2D eigenvalue weighted by Crippen LogP contribution is 2.35. The third-order valence-corrected chi connectivity index (χ3v) is 5.76. The maximum Gasteiger partial charge on any atom is 0.410 e. The van der Waals surface area contributed by atoms with E-state index in [0.717, 1.165) is 34.8 Å². The highest BCUT2D eigenvalue weighted by molar-refractivity contribution is 5.89. The Morgan fingerprint density at radius 1 is 1.10 bits per heavy atom. The number of aryl methyl sites for hydroxylation is 1. The normalized spacial score (nSPS) is 15.1. The van der Waals surface area contributed by atoms with Gasteiger partial charge in [0.2, 0.25) is 0 Å². The van der Waals surface area contributed by atoms with Gasteiger partial charge in [0.25, 0.3) is 0 Å². The van der Waals surface area contributed by atoms with Crippen LogP contribution in [0.4, 0.5) is 16.2 Å².